The van der Waals surface area contributed by atoms with Crippen molar-refractivity contribution in [2.75, 3.05) is 13.1 Å². The molecule has 0 spiro atoms. The molecule has 0 fully saturated rings. The Bertz CT molecular complexity index is 385. The van der Waals surface area contributed by atoms with Crippen LogP contribution in [0.25, 0.3) is 0 Å². The van der Waals surface area contributed by atoms with Crippen molar-refractivity contribution >= 4 is 11.6 Å². The lowest BCUT2D eigenvalue weighted by molar-refractivity contribution is 0.355. The van der Waals surface area contributed by atoms with E-state index < -0.39 is 0 Å². The van der Waals surface area contributed by atoms with Crippen LogP contribution in [0.5, 0.6) is 0 Å². The van der Waals surface area contributed by atoms with Gasteiger partial charge in [0.2, 0.25) is 0 Å². The molecule has 1 N–H and O–H groups in total. The van der Waals surface area contributed by atoms with Crippen molar-refractivity contribution in [1.29, 1.82) is 0 Å². The predicted octanol–water partition coefficient (Wildman–Crippen LogP) is 3.54. The van der Waals surface area contributed by atoms with Crippen molar-refractivity contribution in [3.8, 4) is 0 Å². The molecule has 0 aliphatic rings. The largest absolute Gasteiger partial charge is 0.317 e. The minimum absolute atomic E-state index is 0.601. The highest BCUT2D eigenvalue weighted by molar-refractivity contribution is 6.31. The van der Waals surface area contributed by atoms with E-state index in [1.54, 1.807) is 0 Å². The number of nitrogens with one attached hydrogen (secondary N) is 1. The Kier molecular flexibility index (Phi) is 6.87. The molecule has 3 nitrogen and oxygen atoms in total. The maximum atomic E-state index is 6.49. The van der Waals surface area contributed by atoms with Gasteiger partial charge in [-0.05, 0) is 44.7 Å². The third kappa shape index (κ3) is 4.22. The predicted molar refractivity (Wildman–Crippen MR) is 82.9 cm³/mol. The van der Waals surface area contributed by atoms with Crippen LogP contribution in [0.1, 0.15) is 46.0 Å². The second-order valence-electron chi connectivity index (χ2n) is 5.39. The summed E-state index contributed by atoms with van der Waals surface area (Å²) in [5, 5.41) is 8.94. The van der Waals surface area contributed by atoms with E-state index >= 15 is 0 Å². The first-order chi connectivity index (χ1) is 9.04. The van der Waals surface area contributed by atoms with Crippen LogP contribution in [-0.4, -0.2) is 22.9 Å². The van der Waals surface area contributed by atoms with Crippen LogP contribution in [0.4, 0.5) is 0 Å². The van der Waals surface area contributed by atoms with Crippen molar-refractivity contribution in [2.45, 2.75) is 54.0 Å². The lowest BCUT2D eigenvalue weighted by Crippen LogP contribution is -2.28. The number of hydrogen-bond acceptors (Lipinski definition) is 2. The van der Waals surface area contributed by atoms with E-state index in [1.807, 2.05) is 0 Å². The highest BCUT2D eigenvalue weighted by Crippen LogP contribution is 2.26. The Morgan fingerprint density at radius 1 is 1.26 bits per heavy atom. The van der Waals surface area contributed by atoms with Gasteiger partial charge in [0.15, 0.2) is 0 Å². The lowest BCUT2D eigenvalue weighted by Gasteiger charge is -2.21. The molecule has 0 radical (unpaired) electrons. The molecular formula is C15H28ClN3. The standard InChI is InChI=1S/C15H28ClN3/c1-6-13-15(16)14(19(8-3)18-13)9-12(11(4)5)10-17-7-2/h11-12,17H,6-10H2,1-5H3. The minimum atomic E-state index is 0.601. The van der Waals surface area contributed by atoms with E-state index in [0.717, 1.165) is 43.2 Å². The summed E-state index contributed by atoms with van der Waals surface area (Å²) in [5.74, 6) is 1.24. The number of nitrogens with zero attached hydrogens (tertiary/aromatic N) is 2. The average molecular weight is 286 g/mol. The summed E-state index contributed by atoms with van der Waals surface area (Å²) in [6.07, 6.45) is 1.91. The molecular weight excluding hydrogens is 258 g/mol. The fourth-order valence-corrected chi connectivity index (χ4v) is 2.68. The van der Waals surface area contributed by atoms with E-state index in [-0.39, 0.29) is 0 Å². The second kappa shape index (κ2) is 7.91. The topological polar surface area (TPSA) is 29.9 Å². The molecule has 4 heteroatoms. The van der Waals surface area contributed by atoms with Gasteiger partial charge in [-0.25, -0.2) is 0 Å². The van der Waals surface area contributed by atoms with Crippen molar-refractivity contribution in [1.82, 2.24) is 15.1 Å². The molecule has 19 heavy (non-hydrogen) atoms. The highest BCUT2D eigenvalue weighted by atomic mass is 35.5. The normalized spacial score (nSPS) is 13.2. The molecule has 1 heterocycles. The van der Waals surface area contributed by atoms with Gasteiger partial charge >= 0.3 is 0 Å². The zero-order chi connectivity index (χ0) is 14.4. The summed E-state index contributed by atoms with van der Waals surface area (Å²) >= 11 is 6.49. The quantitative estimate of drug-likeness (QED) is 0.792. The molecule has 0 aliphatic heterocycles. The van der Waals surface area contributed by atoms with Crippen molar-refractivity contribution in [2.24, 2.45) is 11.8 Å². The number of hydrogen-bond donors (Lipinski definition) is 1. The first kappa shape index (κ1) is 16.5. The van der Waals surface area contributed by atoms with Gasteiger partial charge in [0, 0.05) is 6.54 Å². The molecule has 1 aromatic rings. The Hall–Kier alpha value is -0.540. The molecule has 0 aromatic carbocycles. The SMILES string of the molecule is CCNCC(Cc1c(Cl)c(CC)nn1CC)C(C)C. The monoisotopic (exact) mass is 285 g/mol. The van der Waals surface area contributed by atoms with Gasteiger partial charge in [0.25, 0.3) is 0 Å². The maximum absolute atomic E-state index is 6.49. The van der Waals surface area contributed by atoms with Gasteiger partial charge in [-0.3, -0.25) is 4.68 Å². The summed E-state index contributed by atoms with van der Waals surface area (Å²) in [6, 6.07) is 0. The molecule has 0 amide bonds. The Labute approximate surface area is 122 Å². The third-order valence-corrected chi connectivity index (χ3v) is 4.19. The molecule has 0 aliphatic carbocycles. The number of halogens is 1. The van der Waals surface area contributed by atoms with E-state index in [9.17, 15) is 0 Å². The Balaban J connectivity index is 2.91. The van der Waals surface area contributed by atoms with E-state index in [0.29, 0.717) is 11.8 Å². The van der Waals surface area contributed by atoms with Crippen LogP contribution < -0.4 is 5.32 Å². The Morgan fingerprint density at radius 3 is 2.42 bits per heavy atom. The van der Waals surface area contributed by atoms with Gasteiger partial charge < -0.3 is 5.32 Å². The van der Waals surface area contributed by atoms with Crippen LogP contribution in [0.15, 0.2) is 0 Å². The van der Waals surface area contributed by atoms with Crippen LogP contribution in [0.3, 0.4) is 0 Å². The average Bonchev–Trinajstić information content (AvgIpc) is 2.70. The van der Waals surface area contributed by atoms with Crippen molar-refractivity contribution in [3.05, 3.63) is 16.4 Å². The zero-order valence-electron chi connectivity index (χ0n) is 13.0. The highest BCUT2D eigenvalue weighted by Gasteiger charge is 2.20. The van der Waals surface area contributed by atoms with Crippen molar-refractivity contribution < 1.29 is 0 Å². The van der Waals surface area contributed by atoms with Crippen LogP contribution in [0, 0.1) is 11.8 Å². The fraction of sp³-hybridized carbons (Fsp3) is 0.800. The van der Waals surface area contributed by atoms with Crippen LogP contribution >= 0.6 is 11.6 Å². The first-order valence-electron chi connectivity index (χ1n) is 7.49. The van der Waals surface area contributed by atoms with Crippen LogP contribution in [0.2, 0.25) is 5.02 Å². The zero-order valence-corrected chi connectivity index (χ0v) is 13.7. The maximum Gasteiger partial charge on any atom is 0.0849 e. The van der Waals surface area contributed by atoms with Gasteiger partial charge in [-0.15, -0.1) is 0 Å². The van der Waals surface area contributed by atoms with E-state index in [1.165, 1.54) is 5.69 Å². The molecule has 1 atom stereocenters. The number of aryl methyl sites for hydroxylation is 2. The van der Waals surface area contributed by atoms with Crippen molar-refractivity contribution in [3.63, 3.8) is 0 Å². The second-order valence-corrected chi connectivity index (χ2v) is 5.77. The van der Waals surface area contributed by atoms with Gasteiger partial charge in [0.1, 0.15) is 0 Å². The lowest BCUT2D eigenvalue weighted by atomic mass is 9.91. The summed E-state index contributed by atoms with van der Waals surface area (Å²) in [7, 11) is 0. The molecule has 0 saturated carbocycles. The summed E-state index contributed by atoms with van der Waals surface area (Å²) in [6.45, 7) is 13.9. The number of aromatic nitrogens is 2. The first-order valence-corrected chi connectivity index (χ1v) is 7.87. The summed E-state index contributed by atoms with van der Waals surface area (Å²) in [4.78, 5) is 0. The van der Waals surface area contributed by atoms with Gasteiger partial charge in [-0.2, -0.15) is 5.10 Å². The van der Waals surface area contributed by atoms with E-state index in [4.69, 9.17) is 11.6 Å². The summed E-state index contributed by atoms with van der Waals surface area (Å²) < 4.78 is 2.07. The fourth-order valence-electron chi connectivity index (χ4n) is 2.33. The smallest absolute Gasteiger partial charge is 0.0849 e. The molecule has 1 rings (SSSR count). The molecule has 110 valence electrons. The molecule has 0 bridgehead atoms. The van der Waals surface area contributed by atoms with Gasteiger partial charge in [-0.1, -0.05) is 39.3 Å². The van der Waals surface area contributed by atoms with Crippen LogP contribution in [-0.2, 0) is 19.4 Å². The molecule has 1 aromatic heterocycles. The number of rotatable bonds is 8. The minimum Gasteiger partial charge on any atom is -0.317 e. The third-order valence-electron chi connectivity index (χ3n) is 3.75. The molecule has 0 saturated heterocycles. The van der Waals surface area contributed by atoms with Gasteiger partial charge in [0.05, 0.1) is 16.4 Å². The van der Waals surface area contributed by atoms with E-state index in [2.05, 4.69) is 49.7 Å². The Morgan fingerprint density at radius 2 is 1.95 bits per heavy atom. The molecule has 1 unspecified atom stereocenters. The summed E-state index contributed by atoms with van der Waals surface area (Å²) in [5.41, 5.74) is 2.24.